The average molecular weight is 454 g/mol. The molecule has 0 aliphatic heterocycles. The predicted octanol–water partition coefficient (Wildman–Crippen LogP) is 2.35. The van der Waals surface area contributed by atoms with Gasteiger partial charge in [0.25, 0.3) is 0 Å². The van der Waals surface area contributed by atoms with Crippen molar-refractivity contribution in [3.8, 4) is 11.4 Å². The average Bonchev–Trinajstić information content (AvgIpc) is 3.51. The number of amides is 3. The van der Waals surface area contributed by atoms with Gasteiger partial charge in [0.1, 0.15) is 5.82 Å². The van der Waals surface area contributed by atoms with Crippen LogP contribution >= 0.6 is 11.8 Å². The molecule has 3 amide bonds. The quantitative estimate of drug-likeness (QED) is 0.445. The highest BCUT2D eigenvalue weighted by Crippen LogP contribution is 2.41. The van der Waals surface area contributed by atoms with Crippen molar-refractivity contribution < 1.29 is 18.8 Å². The van der Waals surface area contributed by atoms with E-state index in [9.17, 15) is 18.8 Å². The van der Waals surface area contributed by atoms with Crippen LogP contribution in [-0.4, -0.2) is 38.2 Å². The summed E-state index contributed by atoms with van der Waals surface area (Å²) in [6, 6.07) is 10.5. The van der Waals surface area contributed by atoms with Gasteiger partial charge < -0.3 is 16.8 Å². The van der Waals surface area contributed by atoms with E-state index in [1.54, 1.807) is 18.2 Å². The molecule has 1 heterocycles. The number of carbonyl (C=O) groups is 3. The molecule has 11 heteroatoms. The largest absolute Gasteiger partial charge is 0.366 e. The van der Waals surface area contributed by atoms with Gasteiger partial charge in [0.15, 0.2) is 11.0 Å². The third kappa shape index (κ3) is 4.62. The maximum Gasteiger partial charge on any atom is 0.248 e. The highest BCUT2D eigenvalue weighted by molar-refractivity contribution is 7.99. The second-order valence-electron chi connectivity index (χ2n) is 7.25. The number of hydrogen-bond donors (Lipinski definition) is 3. The summed E-state index contributed by atoms with van der Waals surface area (Å²) in [6.07, 6.45) is 1.85. The Morgan fingerprint density at radius 2 is 1.72 bits per heavy atom. The number of benzene rings is 2. The zero-order chi connectivity index (χ0) is 22.8. The number of rotatable bonds is 8. The van der Waals surface area contributed by atoms with Crippen LogP contribution in [0.1, 0.15) is 39.6 Å². The number of aromatic nitrogens is 3. The van der Waals surface area contributed by atoms with Crippen LogP contribution in [0.25, 0.3) is 11.4 Å². The molecule has 164 valence electrons. The summed E-state index contributed by atoms with van der Waals surface area (Å²) >= 11 is 1.16. The summed E-state index contributed by atoms with van der Waals surface area (Å²) in [7, 11) is 0. The summed E-state index contributed by atoms with van der Waals surface area (Å²) in [5.41, 5.74) is 11.2. The zero-order valence-electron chi connectivity index (χ0n) is 16.7. The lowest BCUT2D eigenvalue weighted by Crippen LogP contribution is -2.19. The van der Waals surface area contributed by atoms with E-state index in [1.807, 2.05) is 4.57 Å². The molecule has 2 aromatic carbocycles. The number of nitrogens with zero attached hydrogens (tertiary/aromatic N) is 3. The molecule has 1 aliphatic rings. The maximum atomic E-state index is 14.3. The fraction of sp³-hybridized carbons (Fsp3) is 0.190. The van der Waals surface area contributed by atoms with Crippen molar-refractivity contribution in [1.82, 2.24) is 14.8 Å². The van der Waals surface area contributed by atoms with Gasteiger partial charge in [-0.25, -0.2) is 4.39 Å². The highest BCUT2D eigenvalue weighted by Gasteiger charge is 2.31. The Labute approximate surface area is 186 Å². The Morgan fingerprint density at radius 1 is 1.06 bits per heavy atom. The molecule has 0 spiro atoms. The number of nitrogens with two attached hydrogens (primary N) is 2. The minimum atomic E-state index is -0.754. The van der Waals surface area contributed by atoms with Crippen molar-refractivity contribution in [2.75, 3.05) is 11.1 Å². The van der Waals surface area contributed by atoms with E-state index in [4.69, 9.17) is 11.5 Å². The molecule has 1 saturated carbocycles. The number of hydrogen-bond acceptors (Lipinski definition) is 6. The Hall–Kier alpha value is -3.73. The van der Waals surface area contributed by atoms with Crippen LogP contribution in [0.4, 0.5) is 10.1 Å². The summed E-state index contributed by atoms with van der Waals surface area (Å²) in [5, 5.41) is 11.4. The molecule has 0 unspecified atom stereocenters. The van der Waals surface area contributed by atoms with E-state index < -0.39 is 23.5 Å². The van der Waals surface area contributed by atoms with E-state index in [2.05, 4.69) is 15.5 Å². The molecule has 32 heavy (non-hydrogen) atoms. The Morgan fingerprint density at radius 3 is 2.31 bits per heavy atom. The Bertz CT molecular complexity index is 1190. The van der Waals surface area contributed by atoms with Crippen molar-refractivity contribution >= 4 is 35.2 Å². The van der Waals surface area contributed by atoms with Crippen LogP contribution in [-0.2, 0) is 4.79 Å². The van der Waals surface area contributed by atoms with Gasteiger partial charge >= 0.3 is 0 Å². The van der Waals surface area contributed by atoms with Crippen molar-refractivity contribution in [3.05, 3.63) is 59.4 Å². The molecule has 1 fully saturated rings. The summed E-state index contributed by atoms with van der Waals surface area (Å²) in [6.45, 7) is 0. The van der Waals surface area contributed by atoms with Crippen molar-refractivity contribution in [2.24, 2.45) is 11.5 Å². The molecule has 0 atom stereocenters. The van der Waals surface area contributed by atoms with Crippen LogP contribution in [0.3, 0.4) is 0 Å². The first-order valence-electron chi connectivity index (χ1n) is 9.70. The molecule has 1 aromatic heterocycles. The first-order valence-corrected chi connectivity index (χ1v) is 10.7. The smallest absolute Gasteiger partial charge is 0.248 e. The van der Waals surface area contributed by atoms with E-state index in [0.717, 1.165) is 24.6 Å². The third-order valence-electron chi connectivity index (χ3n) is 4.81. The van der Waals surface area contributed by atoms with E-state index in [0.29, 0.717) is 16.5 Å². The second kappa shape index (κ2) is 8.79. The highest BCUT2D eigenvalue weighted by atomic mass is 32.2. The second-order valence-corrected chi connectivity index (χ2v) is 8.19. The van der Waals surface area contributed by atoms with Crippen LogP contribution in [0, 0.1) is 5.82 Å². The number of nitrogens with one attached hydrogen (secondary N) is 1. The van der Waals surface area contributed by atoms with Crippen LogP contribution < -0.4 is 16.8 Å². The van der Waals surface area contributed by atoms with Gasteiger partial charge in [-0.1, -0.05) is 23.9 Å². The van der Waals surface area contributed by atoms with E-state index >= 15 is 0 Å². The van der Waals surface area contributed by atoms with Gasteiger partial charge in [0.2, 0.25) is 17.7 Å². The fourth-order valence-corrected chi connectivity index (χ4v) is 3.98. The maximum absolute atomic E-state index is 14.3. The van der Waals surface area contributed by atoms with Crippen molar-refractivity contribution in [3.63, 3.8) is 0 Å². The standard InChI is InChI=1S/C21H19FN6O3S/c22-16-4-2-1-3-15(16)20-26-27-21(28(20)14-5-6-14)32-10-17(29)25-13-8-11(18(23)30)7-12(9-13)19(24)31/h1-4,7-9,14H,5-6,10H2,(H2,23,30)(H2,24,31)(H,25,29). The van der Waals surface area contributed by atoms with Gasteiger partial charge in [-0.05, 0) is 43.2 Å². The van der Waals surface area contributed by atoms with Gasteiger partial charge in [-0.2, -0.15) is 0 Å². The third-order valence-corrected chi connectivity index (χ3v) is 5.75. The minimum absolute atomic E-state index is 0.0190. The molecular formula is C21H19FN6O3S. The van der Waals surface area contributed by atoms with Crippen molar-refractivity contribution in [2.45, 2.75) is 24.0 Å². The first kappa shape index (κ1) is 21.5. The molecule has 1 aliphatic carbocycles. The zero-order valence-corrected chi connectivity index (χ0v) is 17.6. The number of carbonyl (C=O) groups excluding carboxylic acids is 3. The SMILES string of the molecule is NC(=O)c1cc(NC(=O)CSc2nnc(-c3ccccc3F)n2C2CC2)cc(C(N)=O)c1. The molecule has 9 nitrogen and oxygen atoms in total. The molecule has 0 bridgehead atoms. The molecule has 0 saturated heterocycles. The monoisotopic (exact) mass is 454 g/mol. The molecule has 0 radical (unpaired) electrons. The predicted molar refractivity (Wildman–Crippen MR) is 117 cm³/mol. The van der Waals surface area contributed by atoms with Crippen LogP contribution in [0.5, 0.6) is 0 Å². The van der Waals surface area contributed by atoms with E-state index in [1.165, 1.54) is 24.3 Å². The summed E-state index contributed by atoms with van der Waals surface area (Å²) in [5.74, 6) is -1.89. The van der Waals surface area contributed by atoms with Crippen LogP contribution in [0.2, 0.25) is 0 Å². The lowest BCUT2D eigenvalue weighted by Gasteiger charge is -2.10. The molecule has 5 N–H and O–H groups in total. The molecule has 3 aromatic rings. The van der Waals surface area contributed by atoms with Gasteiger partial charge in [0, 0.05) is 22.9 Å². The molecule has 4 rings (SSSR count). The van der Waals surface area contributed by atoms with Crippen molar-refractivity contribution in [1.29, 1.82) is 0 Å². The molecular weight excluding hydrogens is 435 g/mol. The minimum Gasteiger partial charge on any atom is -0.366 e. The number of thioether (sulfide) groups is 1. The van der Waals surface area contributed by atoms with Crippen LogP contribution in [0.15, 0.2) is 47.6 Å². The number of anilines is 1. The Balaban J connectivity index is 1.50. The van der Waals surface area contributed by atoms with Gasteiger partial charge in [0.05, 0.1) is 11.3 Å². The summed E-state index contributed by atoms with van der Waals surface area (Å²) in [4.78, 5) is 35.5. The Kier molecular flexibility index (Phi) is 5.91. The first-order chi connectivity index (χ1) is 15.3. The number of halogens is 1. The summed E-state index contributed by atoms with van der Waals surface area (Å²) < 4.78 is 16.1. The number of primary amides is 2. The van der Waals surface area contributed by atoms with Gasteiger partial charge in [-0.15, -0.1) is 10.2 Å². The van der Waals surface area contributed by atoms with Gasteiger partial charge in [-0.3, -0.25) is 19.0 Å². The topological polar surface area (TPSA) is 146 Å². The lowest BCUT2D eigenvalue weighted by atomic mass is 10.1. The normalized spacial score (nSPS) is 13.0. The van der Waals surface area contributed by atoms with E-state index in [-0.39, 0.29) is 28.6 Å². The lowest BCUT2D eigenvalue weighted by molar-refractivity contribution is -0.113. The fourth-order valence-electron chi connectivity index (χ4n) is 3.17.